The molecular weight excluding hydrogens is 262 g/mol. The third kappa shape index (κ3) is 7.28. The number of ether oxygens (including phenoxy) is 1. The smallest absolute Gasteiger partial charge is 0.316 e. The van der Waals surface area contributed by atoms with Crippen LogP contribution in [0.3, 0.4) is 0 Å². The van der Waals surface area contributed by atoms with Gasteiger partial charge >= 0.3 is 5.97 Å². The first-order chi connectivity index (χ1) is 8.90. The third-order valence-corrected chi connectivity index (χ3v) is 3.08. The predicted molar refractivity (Wildman–Crippen MR) is 78.1 cm³/mol. The van der Waals surface area contributed by atoms with E-state index in [4.69, 9.17) is 9.15 Å². The van der Waals surface area contributed by atoms with Gasteiger partial charge in [-0.25, -0.2) is 0 Å². The molecular formula is C14H23NO3S. The maximum absolute atomic E-state index is 11.5. The standard InChI is InChI=1S/C14H23NO3S/c1-5-15-8-11-6-7-12(17-11)9-19-10-13(16)18-14(2,3)4/h6-7,15H,5,8-10H2,1-4H3. The van der Waals surface area contributed by atoms with Crippen LogP contribution >= 0.6 is 11.8 Å². The molecule has 0 unspecified atom stereocenters. The monoisotopic (exact) mass is 285 g/mol. The van der Waals surface area contributed by atoms with Gasteiger partial charge in [-0.2, -0.15) is 0 Å². The maximum Gasteiger partial charge on any atom is 0.316 e. The van der Waals surface area contributed by atoms with Crippen LogP contribution in [0, 0.1) is 0 Å². The molecule has 1 N–H and O–H groups in total. The fourth-order valence-corrected chi connectivity index (χ4v) is 2.13. The second kappa shape index (κ2) is 7.60. The van der Waals surface area contributed by atoms with E-state index in [0.717, 1.165) is 24.6 Å². The molecule has 0 radical (unpaired) electrons. The van der Waals surface area contributed by atoms with Crippen LogP contribution < -0.4 is 5.32 Å². The minimum Gasteiger partial charge on any atom is -0.464 e. The highest BCUT2D eigenvalue weighted by molar-refractivity contribution is 7.99. The lowest BCUT2D eigenvalue weighted by Gasteiger charge is -2.19. The van der Waals surface area contributed by atoms with Crippen molar-refractivity contribution in [1.82, 2.24) is 5.32 Å². The van der Waals surface area contributed by atoms with Gasteiger partial charge in [-0.05, 0) is 39.4 Å². The van der Waals surface area contributed by atoms with Gasteiger partial charge in [-0.3, -0.25) is 4.79 Å². The number of hydrogen-bond acceptors (Lipinski definition) is 5. The van der Waals surface area contributed by atoms with Crippen LogP contribution in [0.15, 0.2) is 16.5 Å². The van der Waals surface area contributed by atoms with Crippen molar-refractivity contribution >= 4 is 17.7 Å². The van der Waals surface area contributed by atoms with Crippen LogP contribution in [0.4, 0.5) is 0 Å². The van der Waals surface area contributed by atoms with Crippen molar-refractivity contribution in [2.75, 3.05) is 12.3 Å². The molecule has 0 aromatic carbocycles. The van der Waals surface area contributed by atoms with E-state index in [0.29, 0.717) is 11.5 Å². The molecule has 0 atom stereocenters. The molecule has 1 rings (SSSR count). The summed E-state index contributed by atoms with van der Waals surface area (Å²) in [5, 5.41) is 3.20. The number of furan rings is 1. The van der Waals surface area contributed by atoms with Gasteiger partial charge in [0.25, 0.3) is 0 Å². The largest absolute Gasteiger partial charge is 0.464 e. The molecule has 0 aliphatic rings. The highest BCUT2D eigenvalue weighted by Gasteiger charge is 2.16. The quantitative estimate of drug-likeness (QED) is 0.781. The summed E-state index contributed by atoms with van der Waals surface area (Å²) in [6.07, 6.45) is 0. The lowest BCUT2D eigenvalue weighted by Crippen LogP contribution is -2.24. The summed E-state index contributed by atoms with van der Waals surface area (Å²) in [6.45, 7) is 9.33. The molecule has 0 amide bonds. The Kier molecular flexibility index (Phi) is 6.45. The average molecular weight is 285 g/mol. The molecule has 0 saturated carbocycles. The van der Waals surface area contributed by atoms with E-state index in [1.54, 1.807) is 0 Å². The van der Waals surface area contributed by atoms with Crippen LogP contribution in [-0.4, -0.2) is 23.9 Å². The molecule has 1 aromatic rings. The van der Waals surface area contributed by atoms with Gasteiger partial charge < -0.3 is 14.5 Å². The van der Waals surface area contributed by atoms with Crippen molar-refractivity contribution in [2.45, 2.75) is 45.6 Å². The summed E-state index contributed by atoms with van der Waals surface area (Å²) < 4.78 is 10.9. The molecule has 1 aromatic heterocycles. The molecule has 4 nitrogen and oxygen atoms in total. The number of hydrogen-bond donors (Lipinski definition) is 1. The third-order valence-electron chi connectivity index (χ3n) is 2.15. The lowest BCUT2D eigenvalue weighted by molar-refractivity contribution is -0.151. The Bertz CT molecular complexity index is 396. The first-order valence-electron chi connectivity index (χ1n) is 6.48. The van der Waals surface area contributed by atoms with Crippen molar-refractivity contribution in [1.29, 1.82) is 0 Å². The summed E-state index contributed by atoms with van der Waals surface area (Å²) in [6, 6.07) is 3.92. The van der Waals surface area contributed by atoms with E-state index >= 15 is 0 Å². The van der Waals surface area contributed by atoms with E-state index < -0.39 is 5.60 Å². The SMILES string of the molecule is CCNCc1ccc(CSCC(=O)OC(C)(C)C)o1. The molecule has 0 spiro atoms. The second-order valence-corrected chi connectivity index (χ2v) is 6.21. The van der Waals surface area contributed by atoms with Crippen LogP contribution in [0.1, 0.15) is 39.2 Å². The van der Waals surface area contributed by atoms with Gasteiger partial charge in [0.1, 0.15) is 17.1 Å². The zero-order chi connectivity index (χ0) is 14.3. The van der Waals surface area contributed by atoms with Crippen LogP contribution in [0.5, 0.6) is 0 Å². The minimum absolute atomic E-state index is 0.183. The van der Waals surface area contributed by atoms with E-state index in [-0.39, 0.29) is 5.97 Å². The first-order valence-corrected chi connectivity index (χ1v) is 7.64. The van der Waals surface area contributed by atoms with Crippen molar-refractivity contribution < 1.29 is 13.9 Å². The molecule has 0 bridgehead atoms. The van der Waals surface area contributed by atoms with Gasteiger partial charge in [0.05, 0.1) is 18.1 Å². The normalized spacial score (nSPS) is 11.6. The fourth-order valence-electron chi connectivity index (χ4n) is 1.45. The Morgan fingerprint density at radius 1 is 1.37 bits per heavy atom. The number of nitrogens with one attached hydrogen (secondary N) is 1. The molecule has 0 saturated heterocycles. The average Bonchev–Trinajstić information content (AvgIpc) is 2.72. The molecule has 0 aliphatic heterocycles. The Morgan fingerprint density at radius 2 is 2.05 bits per heavy atom. The number of rotatable bonds is 7. The number of thioether (sulfide) groups is 1. The predicted octanol–water partition coefficient (Wildman–Crippen LogP) is 2.96. The molecule has 0 aliphatic carbocycles. The van der Waals surface area contributed by atoms with Crippen molar-refractivity contribution in [3.8, 4) is 0 Å². The Labute approximate surface area is 119 Å². The molecule has 0 fully saturated rings. The van der Waals surface area contributed by atoms with Crippen molar-refractivity contribution in [2.24, 2.45) is 0 Å². The van der Waals surface area contributed by atoms with E-state index in [1.165, 1.54) is 11.8 Å². The van der Waals surface area contributed by atoms with Gasteiger partial charge in [-0.15, -0.1) is 11.8 Å². The van der Waals surface area contributed by atoms with Crippen LogP contribution in [0.2, 0.25) is 0 Å². The number of carbonyl (C=O) groups excluding carboxylic acids is 1. The van der Waals surface area contributed by atoms with Gasteiger partial charge in [0.15, 0.2) is 0 Å². The first kappa shape index (κ1) is 16.1. The molecule has 5 heteroatoms. The summed E-state index contributed by atoms with van der Waals surface area (Å²) in [5.41, 5.74) is -0.415. The topological polar surface area (TPSA) is 51.5 Å². The Morgan fingerprint density at radius 3 is 2.68 bits per heavy atom. The summed E-state index contributed by atoms with van der Waals surface area (Å²) in [5.74, 6) is 2.67. The minimum atomic E-state index is -0.415. The van der Waals surface area contributed by atoms with Gasteiger partial charge in [0.2, 0.25) is 0 Å². The van der Waals surface area contributed by atoms with Crippen LogP contribution in [-0.2, 0) is 21.8 Å². The summed E-state index contributed by atoms with van der Waals surface area (Å²) in [4.78, 5) is 11.5. The highest BCUT2D eigenvalue weighted by Crippen LogP contribution is 2.17. The van der Waals surface area contributed by atoms with Crippen molar-refractivity contribution in [3.05, 3.63) is 23.7 Å². The molecule has 1 heterocycles. The Hall–Kier alpha value is -0.940. The summed E-state index contributed by atoms with van der Waals surface area (Å²) >= 11 is 1.50. The van der Waals surface area contributed by atoms with E-state index in [1.807, 2.05) is 32.9 Å². The van der Waals surface area contributed by atoms with E-state index in [9.17, 15) is 4.79 Å². The van der Waals surface area contributed by atoms with Gasteiger partial charge in [0, 0.05) is 0 Å². The van der Waals surface area contributed by atoms with Gasteiger partial charge in [-0.1, -0.05) is 6.92 Å². The number of esters is 1. The summed E-state index contributed by atoms with van der Waals surface area (Å²) in [7, 11) is 0. The fraction of sp³-hybridized carbons (Fsp3) is 0.643. The zero-order valence-electron chi connectivity index (χ0n) is 12.1. The number of carbonyl (C=O) groups is 1. The Balaban J connectivity index is 2.25. The second-order valence-electron chi connectivity index (χ2n) is 5.23. The highest BCUT2D eigenvalue weighted by atomic mass is 32.2. The molecule has 108 valence electrons. The molecule has 19 heavy (non-hydrogen) atoms. The van der Waals surface area contributed by atoms with Crippen molar-refractivity contribution in [3.63, 3.8) is 0 Å². The van der Waals surface area contributed by atoms with E-state index in [2.05, 4.69) is 12.2 Å². The van der Waals surface area contributed by atoms with Crippen LogP contribution in [0.25, 0.3) is 0 Å². The lowest BCUT2D eigenvalue weighted by atomic mass is 10.2. The maximum atomic E-state index is 11.5. The zero-order valence-corrected chi connectivity index (χ0v) is 12.9.